The van der Waals surface area contributed by atoms with Crippen molar-refractivity contribution in [1.82, 2.24) is 4.90 Å². The second kappa shape index (κ2) is 7.99. The van der Waals surface area contributed by atoms with Crippen LogP contribution in [0.25, 0.3) is 0 Å². The van der Waals surface area contributed by atoms with E-state index in [0.29, 0.717) is 19.1 Å². The molecule has 4 nitrogen and oxygen atoms in total. The second-order valence-corrected chi connectivity index (χ2v) is 5.07. The quantitative estimate of drug-likeness (QED) is 0.353. The molecular weight excluding hydrogens is 341 g/mol. The molecule has 2 rings (SSSR count). The van der Waals surface area contributed by atoms with Gasteiger partial charge in [0.15, 0.2) is 5.96 Å². The van der Waals surface area contributed by atoms with Gasteiger partial charge in [-0.25, -0.2) is 4.99 Å². The first-order valence-corrected chi connectivity index (χ1v) is 6.56. The van der Waals surface area contributed by atoms with Crippen molar-refractivity contribution in [2.75, 3.05) is 32.8 Å². The van der Waals surface area contributed by atoms with Crippen LogP contribution in [-0.4, -0.2) is 43.7 Å². The zero-order valence-electron chi connectivity index (χ0n) is 11.1. The number of hydrogen-bond donors (Lipinski definition) is 1. The van der Waals surface area contributed by atoms with Crippen LogP contribution in [0.2, 0.25) is 0 Å². The van der Waals surface area contributed by atoms with Gasteiger partial charge in [0.1, 0.15) is 0 Å². The van der Waals surface area contributed by atoms with Gasteiger partial charge in [-0.2, -0.15) is 0 Å². The van der Waals surface area contributed by atoms with E-state index in [1.807, 2.05) is 0 Å². The van der Waals surface area contributed by atoms with E-state index < -0.39 is 0 Å². The predicted octanol–water partition coefficient (Wildman–Crippen LogP) is 2.00. The van der Waals surface area contributed by atoms with Crippen LogP contribution in [-0.2, 0) is 4.74 Å². The molecule has 0 aromatic heterocycles. The van der Waals surface area contributed by atoms with Crippen molar-refractivity contribution in [2.45, 2.75) is 26.2 Å². The molecule has 0 aromatic carbocycles. The van der Waals surface area contributed by atoms with Crippen molar-refractivity contribution in [3.63, 3.8) is 0 Å². The number of guanidine groups is 1. The minimum absolute atomic E-state index is 0. The zero-order chi connectivity index (χ0) is 12.1. The highest BCUT2D eigenvalue weighted by atomic mass is 127. The lowest BCUT2D eigenvalue weighted by Gasteiger charge is -2.31. The highest BCUT2D eigenvalue weighted by Gasteiger charge is 2.17. The molecule has 0 amide bonds. The predicted molar refractivity (Wildman–Crippen MR) is 85.4 cm³/mol. The van der Waals surface area contributed by atoms with E-state index >= 15 is 0 Å². The van der Waals surface area contributed by atoms with E-state index in [1.54, 1.807) is 0 Å². The fourth-order valence-electron chi connectivity index (χ4n) is 2.40. The third kappa shape index (κ3) is 4.76. The molecule has 2 aliphatic heterocycles. The Balaban J connectivity index is 0.00000162. The molecule has 0 spiro atoms. The normalized spacial score (nSPS) is 25.4. The molecule has 1 atom stereocenters. The molecule has 1 unspecified atom stereocenters. The molecular formula is C13H24IN3O. The fraction of sp³-hybridized carbons (Fsp3) is 0.769. The van der Waals surface area contributed by atoms with Gasteiger partial charge in [0, 0.05) is 13.1 Å². The molecule has 5 heteroatoms. The van der Waals surface area contributed by atoms with Gasteiger partial charge in [0.2, 0.25) is 0 Å². The molecule has 2 heterocycles. The molecule has 0 radical (unpaired) electrons. The third-order valence-electron chi connectivity index (χ3n) is 3.41. The SMILES string of the molecule is CC1CCCN(C(N)=NCC2=CCCOC2)C1.I. The molecule has 0 aliphatic carbocycles. The van der Waals surface area contributed by atoms with Crippen LogP contribution >= 0.6 is 24.0 Å². The number of aliphatic imine (C=N–C) groups is 1. The number of nitrogens with two attached hydrogens (primary N) is 1. The Morgan fingerprint density at radius 3 is 3.11 bits per heavy atom. The standard InChI is InChI=1S/C13H23N3O.HI/c1-11-4-2-6-16(9-11)13(14)15-8-12-5-3-7-17-10-12;/h5,11H,2-4,6-10H2,1H3,(H2,14,15);1H. The molecule has 0 aromatic rings. The Labute approximate surface area is 127 Å². The Kier molecular flexibility index (Phi) is 6.99. The van der Waals surface area contributed by atoms with Gasteiger partial charge in [0.25, 0.3) is 0 Å². The summed E-state index contributed by atoms with van der Waals surface area (Å²) in [6, 6.07) is 0. The minimum Gasteiger partial charge on any atom is -0.377 e. The van der Waals surface area contributed by atoms with Crippen LogP contribution in [0.3, 0.4) is 0 Å². The number of likely N-dealkylation sites (tertiary alicyclic amines) is 1. The molecule has 18 heavy (non-hydrogen) atoms. The van der Waals surface area contributed by atoms with Gasteiger partial charge in [-0.15, -0.1) is 24.0 Å². The summed E-state index contributed by atoms with van der Waals surface area (Å²) >= 11 is 0. The van der Waals surface area contributed by atoms with Crippen LogP contribution in [0.5, 0.6) is 0 Å². The Morgan fingerprint density at radius 1 is 1.61 bits per heavy atom. The van der Waals surface area contributed by atoms with E-state index in [2.05, 4.69) is 22.9 Å². The number of halogens is 1. The molecule has 2 N–H and O–H groups in total. The average Bonchev–Trinajstić information content (AvgIpc) is 2.37. The van der Waals surface area contributed by atoms with E-state index in [-0.39, 0.29) is 24.0 Å². The monoisotopic (exact) mass is 365 g/mol. The minimum atomic E-state index is 0. The van der Waals surface area contributed by atoms with Gasteiger partial charge in [-0.3, -0.25) is 0 Å². The maximum Gasteiger partial charge on any atom is 0.191 e. The highest BCUT2D eigenvalue weighted by molar-refractivity contribution is 14.0. The Hall–Kier alpha value is -0.300. The van der Waals surface area contributed by atoms with Gasteiger partial charge in [-0.05, 0) is 30.8 Å². The van der Waals surface area contributed by atoms with Gasteiger partial charge < -0.3 is 15.4 Å². The van der Waals surface area contributed by atoms with Crippen LogP contribution in [0.1, 0.15) is 26.2 Å². The van der Waals surface area contributed by atoms with Gasteiger partial charge in [0.05, 0.1) is 19.8 Å². The van der Waals surface area contributed by atoms with E-state index in [0.717, 1.165) is 32.0 Å². The number of ether oxygens (including phenoxy) is 1. The van der Waals surface area contributed by atoms with Crippen molar-refractivity contribution < 1.29 is 4.74 Å². The van der Waals surface area contributed by atoms with Crippen LogP contribution in [0.15, 0.2) is 16.6 Å². The van der Waals surface area contributed by atoms with Crippen LogP contribution < -0.4 is 5.73 Å². The lowest BCUT2D eigenvalue weighted by Crippen LogP contribution is -2.43. The summed E-state index contributed by atoms with van der Waals surface area (Å²) in [5.74, 6) is 1.43. The first-order valence-electron chi connectivity index (χ1n) is 6.56. The first-order chi connectivity index (χ1) is 8.25. The molecule has 104 valence electrons. The number of nitrogens with zero attached hydrogens (tertiary/aromatic N) is 2. The first kappa shape index (κ1) is 15.8. The zero-order valence-corrected chi connectivity index (χ0v) is 13.4. The maximum absolute atomic E-state index is 6.04. The summed E-state index contributed by atoms with van der Waals surface area (Å²) in [6.45, 7) is 6.62. The van der Waals surface area contributed by atoms with Crippen LogP contribution in [0.4, 0.5) is 0 Å². The lowest BCUT2D eigenvalue weighted by atomic mass is 10.0. The molecule has 0 saturated carbocycles. The van der Waals surface area contributed by atoms with Crippen molar-refractivity contribution >= 4 is 29.9 Å². The summed E-state index contributed by atoms with van der Waals surface area (Å²) in [7, 11) is 0. The molecule has 2 aliphatic rings. The van der Waals surface area contributed by atoms with Crippen molar-refractivity contribution in [3.05, 3.63) is 11.6 Å². The summed E-state index contributed by atoms with van der Waals surface area (Å²) < 4.78 is 5.38. The molecule has 1 fully saturated rings. The van der Waals surface area contributed by atoms with Crippen LogP contribution in [0, 0.1) is 5.92 Å². The lowest BCUT2D eigenvalue weighted by molar-refractivity contribution is 0.149. The fourth-order valence-corrected chi connectivity index (χ4v) is 2.40. The Bertz CT molecular complexity index is 317. The summed E-state index contributed by atoms with van der Waals surface area (Å²) in [5, 5.41) is 0. The van der Waals surface area contributed by atoms with Gasteiger partial charge in [-0.1, -0.05) is 13.0 Å². The largest absolute Gasteiger partial charge is 0.377 e. The second-order valence-electron chi connectivity index (χ2n) is 5.07. The molecule has 1 saturated heterocycles. The van der Waals surface area contributed by atoms with Gasteiger partial charge >= 0.3 is 0 Å². The highest BCUT2D eigenvalue weighted by Crippen LogP contribution is 2.15. The summed E-state index contributed by atoms with van der Waals surface area (Å²) in [5.41, 5.74) is 7.29. The number of hydrogen-bond acceptors (Lipinski definition) is 2. The third-order valence-corrected chi connectivity index (χ3v) is 3.41. The van der Waals surface area contributed by atoms with Crippen molar-refractivity contribution in [2.24, 2.45) is 16.6 Å². The summed E-state index contributed by atoms with van der Waals surface area (Å²) in [4.78, 5) is 6.68. The maximum atomic E-state index is 6.04. The average molecular weight is 365 g/mol. The van der Waals surface area contributed by atoms with Crippen molar-refractivity contribution in [1.29, 1.82) is 0 Å². The molecule has 0 bridgehead atoms. The van der Waals surface area contributed by atoms with E-state index in [1.165, 1.54) is 18.4 Å². The smallest absolute Gasteiger partial charge is 0.191 e. The number of rotatable bonds is 2. The van der Waals surface area contributed by atoms with Crippen molar-refractivity contribution in [3.8, 4) is 0 Å². The van der Waals surface area contributed by atoms with E-state index in [9.17, 15) is 0 Å². The summed E-state index contributed by atoms with van der Waals surface area (Å²) in [6.07, 6.45) is 5.76. The topological polar surface area (TPSA) is 50.8 Å². The Morgan fingerprint density at radius 2 is 2.44 bits per heavy atom. The number of piperidine rings is 1. The van der Waals surface area contributed by atoms with E-state index in [4.69, 9.17) is 10.5 Å².